The van der Waals surface area contributed by atoms with Gasteiger partial charge in [-0.2, -0.15) is 0 Å². The van der Waals surface area contributed by atoms with Crippen molar-refractivity contribution < 1.29 is 0 Å². The second-order valence-corrected chi connectivity index (χ2v) is 17.6. The smallest absolute Gasteiger partial charge is 0.161 e. The van der Waals surface area contributed by atoms with Crippen molar-refractivity contribution in [2.24, 2.45) is 0 Å². The van der Waals surface area contributed by atoms with E-state index in [1.807, 2.05) is 12.1 Å². The number of hydrogen-bond acceptors (Lipinski definition) is 2. The average Bonchev–Trinajstić information content (AvgIpc) is 3.69. The topological polar surface area (TPSA) is 25.8 Å². The van der Waals surface area contributed by atoms with Crippen LogP contribution in [0.15, 0.2) is 255 Å². The van der Waals surface area contributed by atoms with E-state index in [2.05, 4.69) is 243 Å². The molecule has 0 fully saturated rings. The number of fused-ring (bicyclic) bond motifs is 6. The van der Waals surface area contributed by atoms with Crippen LogP contribution in [0.5, 0.6) is 0 Å². The summed E-state index contributed by atoms with van der Waals surface area (Å²) < 4.78 is 0. The van der Waals surface area contributed by atoms with Gasteiger partial charge in [0.15, 0.2) is 5.82 Å². The first-order valence-electron chi connectivity index (χ1n) is 23.1. The molecule has 0 spiro atoms. The van der Waals surface area contributed by atoms with Gasteiger partial charge < -0.3 is 0 Å². The summed E-state index contributed by atoms with van der Waals surface area (Å²) in [6.07, 6.45) is 0. The summed E-state index contributed by atoms with van der Waals surface area (Å²) in [6, 6.07) is 92.7. The van der Waals surface area contributed by atoms with E-state index in [-0.39, 0.29) is 0 Å². The first kappa shape index (κ1) is 38.7. The number of hydrogen-bond donors (Lipinski definition) is 0. The van der Waals surface area contributed by atoms with Crippen molar-refractivity contribution in [3.8, 4) is 67.3 Å². The summed E-state index contributed by atoms with van der Waals surface area (Å²) in [6.45, 7) is 0. The van der Waals surface area contributed by atoms with Crippen molar-refractivity contribution in [2.75, 3.05) is 0 Å². The van der Waals surface area contributed by atoms with Gasteiger partial charge in [-0.1, -0.05) is 224 Å². The summed E-state index contributed by atoms with van der Waals surface area (Å²) in [4.78, 5) is 10.5. The highest BCUT2D eigenvalue weighted by atomic mass is 14.9. The molecular formula is C65H42N2. The molecule has 1 heterocycles. The van der Waals surface area contributed by atoms with E-state index in [1.165, 1.54) is 77.2 Å². The maximum absolute atomic E-state index is 5.24. The Kier molecular flexibility index (Phi) is 9.11. The van der Waals surface area contributed by atoms with E-state index in [4.69, 9.17) is 9.97 Å². The van der Waals surface area contributed by atoms with Crippen molar-refractivity contribution in [1.82, 2.24) is 9.97 Å². The highest BCUT2D eigenvalue weighted by Gasteiger charge is 2.46. The fraction of sp³-hybridized carbons (Fsp3) is 0.0154. The number of nitrogens with zero attached hydrogens (tertiary/aromatic N) is 2. The second kappa shape index (κ2) is 15.8. The van der Waals surface area contributed by atoms with Gasteiger partial charge in [-0.05, 0) is 118 Å². The third-order valence-corrected chi connectivity index (χ3v) is 14.0. The molecule has 0 N–H and O–H groups in total. The Morgan fingerprint density at radius 3 is 1.21 bits per heavy atom. The average molecular weight is 851 g/mol. The Morgan fingerprint density at radius 2 is 0.657 bits per heavy atom. The van der Waals surface area contributed by atoms with Gasteiger partial charge in [-0.3, -0.25) is 0 Å². The van der Waals surface area contributed by atoms with E-state index >= 15 is 0 Å². The molecule has 67 heavy (non-hydrogen) atoms. The maximum atomic E-state index is 5.24. The zero-order valence-electron chi connectivity index (χ0n) is 36.6. The molecule has 1 aliphatic rings. The van der Waals surface area contributed by atoms with Crippen LogP contribution in [-0.4, -0.2) is 9.97 Å². The summed E-state index contributed by atoms with van der Waals surface area (Å²) in [5.74, 6) is 0.706. The molecule has 0 saturated carbocycles. The molecule has 312 valence electrons. The first-order chi connectivity index (χ1) is 33.2. The van der Waals surface area contributed by atoms with Crippen LogP contribution in [0.2, 0.25) is 0 Å². The fourth-order valence-electron chi connectivity index (χ4n) is 10.9. The molecule has 2 nitrogen and oxygen atoms in total. The summed E-state index contributed by atoms with van der Waals surface area (Å²) in [5, 5.41) is 7.19. The molecule has 12 aromatic rings. The molecule has 0 aliphatic heterocycles. The van der Waals surface area contributed by atoms with Crippen LogP contribution < -0.4 is 0 Å². The largest absolute Gasteiger partial charge is 0.228 e. The minimum absolute atomic E-state index is 0.518. The summed E-state index contributed by atoms with van der Waals surface area (Å²) >= 11 is 0. The van der Waals surface area contributed by atoms with E-state index in [1.54, 1.807) is 0 Å². The van der Waals surface area contributed by atoms with Gasteiger partial charge in [-0.15, -0.1) is 0 Å². The SMILES string of the molecule is c1ccc(-c2cc(-c3ccccc3)nc(-c3ccc(-c4ccc(-c5ccc6c(c5)C(c5ccccc5)(c5ccccc5)c5cc7ccccc7cc5-6)c5ccccc45)c4ccccc34)n2)cc1. The van der Waals surface area contributed by atoms with Gasteiger partial charge in [0.2, 0.25) is 0 Å². The number of benzene rings is 11. The predicted molar refractivity (Wildman–Crippen MR) is 279 cm³/mol. The van der Waals surface area contributed by atoms with Gasteiger partial charge in [0.25, 0.3) is 0 Å². The van der Waals surface area contributed by atoms with Gasteiger partial charge in [0.1, 0.15) is 0 Å². The van der Waals surface area contributed by atoms with Crippen LogP contribution >= 0.6 is 0 Å². The maximum Gasteiger partial charge on any atom is 0.161 e. The summed E-state index contributed by atoms with van der Waals surface area (Å²) in [5.41, 5.74) is 16.9. The lowest BCUT2D eigenvalue weighted by Crippen LogP contribution is -2.28. The molecule has 0 saturated heterocycles. The molecule has 11 aromatic carbocycles. The van der Waals surface area contributed by atoms with Crippen molar-refractivity contribution >= 4 is 32.3 Å². The molecular weight excluding hydrogens is 809 g/mol. The van der Waals surface area contributed by atoms with E-state index < -0.39 is 5.41 Å². The van der Waals surface area contributed by atoms with Crippen LogP contribution in [0.3, 0.4) is 0 Å². The lowest BCUT2D eigenvalue weighted by molar-refractivity contribution is 0.770. The Hall–Kier alpha value is -8.72. The molecule has 0 unspecified atom stereocenters. The Labute approximate surface area is 390 Å². The molecule has 1 aliphatic carbocycles. The second-order valence-electron chi connectivity index (χ2n) is 17.6. The molecule has 1 aromatic heterocycles. The van der Waals surface area contributed by atoms with E-state index in [9.17, 15) is 0 Å². The summed E-state index contributed by atoms with van der Waals surface area (Å²) in [7, 11) is 0. The van der Waals surface area contributed by atoms with E-state index in [0.717, 1.165) is 38.9 Å². The lowest BCUT2D eigenvalue weighted by Gasteiger charge is -2.34. The Bertz CT molecular complexity index is 3740. The molecule has 13 rings (SSSR count). The lowest BCUT2D eigenvalue weighted by atomic mass is 9.67. The van der Waals surface area contributed by atoms with Crippen LogP contribution in [0.4, 0.5) is 0 Å². The van der Waals surface area contributed by atoms with Crippen molar-refractivity contribution in [3.63, 3.8) is 0 Å². The molecule has 0 bridgehead atoms. The minimum Gasteiger partial charge on any atom is -0.228 e. The van der Waals surface area contributed by atoms with E-state index in [0.29, 0.717) is 5.82 Å². The van der Waals surface area contributed by atoms with Gasteiger partial charge >= 0.3 is 0 Å². The van der Waals surface area contributed by atoms with Crippen molar-refractivity contribution in [1.29, 1.82) is 0 Å². The predicted octanol–water partition coefficient (Wildman–Crippen LogP) is 16.6. The number of rotatable bonds is 7. The highest BCUT2D eigenvalue weighted by molar-refractivity contribution is 6.12. The van der Waals surface area contributed by atoms with Crippen molar-refractivity contribution in [3.05, 3.63) is 277 Å². The third kappa shape index (κ3) is 6.26. The molecule has 0 radical (unpaired) electrons. The fourth-order valence-corrected chi connectivity index (χ4v) is 10.9. The van der Waals surface area contributed by atoms with Gasteiger partial charge in [-0.25, -0.2) is 9.97 Å². The van der Waals surface area contributed by atoms with Gasteiger partial charge in [0.05, 0.1) is 16.8 Å². The number of aromatic nitrogens is 2. The van der Waals surface area contributed by atoms with Crippen LogP contribution in [0, 0.1) is 0 Å². The quantitative estimate of drug-likeness (QED) is 0.160. The highest BCUT2D eigenvalue weighted by Crippen LogP contribution is 2.58. The Morgan fingerprint density at radius 1 is 0.254 bits per heavy atom. The standard InChI is InChI=1S/C65H42N2/c1-5-19-43(20-6-1)62-42-63(44-21-7-2-8-22-44)67-64(66-62)58-38-37-56(53-31-17-18-32-54(53)58)55-36-35-50(51-29-15-16-30-52(51)55)47-33-34-57-59-39-45-23-13-14-24-46(45)40-61(59)65(60(57)41-47,48-25-9-3-10-26-48)49-27-11-4-12-28-49/h1-42H. The Balaban J connectivity index is 0.986. The molecule has 0 atom stereocenters. The van der Waals surface area contributed by atoms with Crippen LogP contribution in [-0.2, 0) is 5.41 Å². The van der Waals surface area contributed by atoms with Crippen molar-refractivity contribution in [2.45, 2.75) is 5.41 Å². The molecule has 0 amide bonds. The third-order valence-electron chi connectivity index (χ3n) is 14.0. The molecule has 2 heteroatoms. The monoisotopic (exact) mass is 850 g/mol. The van der Waals surface area contributed by atoms with Crippen LogP contribution in [0.1, 0.15) is 22.3 Å². The van der Waals surface area contributed by atoms with Crippen LogP contribution in [0.25, 0.3) is 99.6 Å². The zero-order valence-corrected chi connectivity index (χ0v) is 36.6. The zero-order chi connectivity index (χ0) is 44.3. The minimum atomic E-state index is -0.518. The first-order valence-corrected chi connectivity index (χ1v) is 23.1. The van der Waals surface area contributed by atoms with Gasteiger partial charge in [0, 0.05) is 16.7 Å². The normalized spacial score (nSPS) is 12.6.